The lowest BCUT2D eigenvalue weighted by Crippen LogP contribution is -2.29. The zero-order valence-corrected chi connectivity index (χ0v) is 22.4. The topological polar surface area (TPSA) is 90.6 Å². The van der Waals surface area contributed by atoms with Gasteiger partial charge in [0.25, 0.3) is 11.7 Å². The molecule has 3 aromatic rings. The molecule has 1 N–H and O–H groups in total. The van der Waals surface area contributed by atoms with Gasteiger partial charge in [-0.1, -0.05) is 52.0 Å². The number of carbonyl (C=O) groups is 2. The molecule has 194 valence electrons. The van der Waals surface area contributed by atoms with Gasteiger partial charge in [-0.3, -0.25) is 14.5 Å². The van der Waals surface area contributed by atoms with E-state index in [1.807, 2.05) is 50.2 Å². The number of Topliss-reactive ketones (excluding diaryl/α,β-unsaturated/α-hetero) is 1. The Morgan fingerprint density at radius 3 is 2.39 bits per heavy atom. The molecule has 6 heteroatoms. The Balaban J connectivity index is 1.95. The van der Waals surface area contributed by atoms with E-state index in [0.29, 0.717) is 34.7 Å². The predicted octanol–water partition coefficient (Wildman–Crippen LogP) is 6.58. The molecule has 1 atom stereocenters. The van der Waals surface area contributed by atoms with Crippen LogP contribution < -0.4 is 9.64 Å². The number of aliphatic hydroxyl groups is 1. The highest BCUT2D eigenvalue weighted by atomic mass is 16.5. The van der Waals surface area contributed by atoms with Gasteiger partial charge in [-0.2, -0.15) is 5.26 Å². The van der Waals surface area contributed by atoms with Crippen molar-refractivity contribution in [1.82, 2.24) is 0 Å². The first-order valence-electron chi connectivity index (χ1n) is 12.7. The van der Waals surface area contributed by atoms with E-state index in [9.17, 15) is 20.0 Å². The first-order chi connectivity index (χ1) is 18.1. The molecule has 0 saturated carbocycles. The lowest BCUT2D eigenvalue weighted by atomic mass is 9.84. The minimum Gasteiger partial charge on any atom is -0.507 e. The first-order valence-corrected chi connectivity index (χ1v) is 12.7. The molecule has 1 unspecified atom stereocenters. The van der Waals surface area contributed by atoms with E-state index in [1.165, 1.54) is 4.90 Å². The van der Waals surface area contributed by atoms with Crippen LogP contribution in [0.5, 0.6) is 5.75 Å². The van der Waals surface area contributed by atoms with E-state index in [1.54, 1.807) is 30.3 Å². The quantitative estimate of drug-likeness (QED) is 0.231. The van der Waals surface area contributed by atoms with Crippen molar-refractivity contribution in [2.75, 3.05) is 11.5 Å². The number of hydrogen-bond donors (Lipinski definition) is 1. The van der Waals surface area contributed by atoms with E-state index in [4.69, 9.17) is 4.74 Å². The number of nitrogens with zero attached hydrogens (tertiary/aromatic N) is 2. The van der Waals surface area contributed by atoms with Crippen molar-refractivity contribution in [3.8, 4) is 11.8 Å². The molecule has 6 nitrogen and oxygen atoms in total. The standard InChI is InChI=1S/C32H32N2O4/c1-6-16-38-25-9-7-8-22(17-25)28-27(29(35)26-18-23(32(3,4)5)13-10-20(26)2)30(36)31(37)34(28)24-14-11-21(19-33)12-15-24/h7-15,17-18,28,35H,6,16H2,1-5H3/b29-27+. The summed E-state index contributed by atoms with van der Waals surface area (Å²) in [6.45, 7) is 10.6. The van der Waals surface area contributed by atoms with Crippen LogP contribution in [0.4, 0.5) is 5.69 Å². The molecule has 0 spiro atoms. The molecular weight excluding hydrogens is 476 g/mol. The smallest absolute Gasteiger partial charge is 0.300 e. The number of benzene rings is 3. The molecular formula is C32H32N2O4. The molecule has 38 heavy (non-hydrogen) atoms. The normalized spacial score (nSPS) is 16.9. The van der Waals surface area contributed by atoms with Gasteiger partial charge in [0.15, 0.2) is 0 Å². The van der Waals surface area contributed by atoms with E-state index >= 15 is 0 Å². The van der Waals surface area contributed by atoms with Crippen molar-refractivity contribution < 1.29 is 19.4 Å². The lowest BCUT2D eigenvalue weighted by molar-refractivity contribution is -0.132. The zero-order valence-electron chi connectivity index (χ0n) is 22.4. The van der Waals surface area contributed by atoms with Crippen LogP contribution in [0.2, 0.25) is 0 Å². The van der Waals surface area contributed by atoms with Crippen LogP contribution >= 0.6 is 0 Å². The van der Waals surface area contributed by atoms with Crippen molar-refractivity contribution in [3.63, 3.8) is 0 Å². The predicted molar refractivity (Wildman–Crippen MR) is 148 cm³/mol. The highest BCUT2D eigenvalue weighted by Crippen LogP contribution is 2.43. The molecule has 4 rings (SSSR count). The van der Waals surface area contributed by atoms with Gasteiger partial charge in [-0.05, 0) is 77.9 Å². The average molecular weight is 509 g/mol. The Morgan fingerprint density at radius 2 is 1.76 bits per heavy atom. The molecule has 0 bridgehead atoms. The van der Waals surface area contributed by atoms with Gasteiger partial charge in [0.1, 0.15) is 11.5 Å². The third-order valence-corrected chi connectivity index (χ3v) is 6.72. The zero-order chi connectivity index (χ0) is 27.6. The first kappa shape index (κ1) is 26.7. The Bertz CT molecular complexity index is 1460. The molecule has 3 aromatic carbocycles. The Labute approximate surface area is 223 Å². The number of ether oxygens (including phenoxy) is 1. The molecule has 1 saturated heterocycles. The molecule has 1 fully saturated rings. The summed E-state index contributed by atoms with van der Waals surface area (Å²) in [6, 6.07) is 20.7. The number of hydrogen-bond acceptors (Lipinski definition) is 5. The van der Waals surface area contributed by atoms with Crippen LogP contribution in [0.25, 0.3) is 5.76 Å². The molecule has 1 heterocycles. The summed E-state index contributed by atoms with van der Waals surface area (Å²) in [4.78, 5) is 28.4. The lowest BCUT2D eigenvalue weighted by Gasteiger charge is -2.26. The van der Waals surface area contributed by atoms with Gasteiger partial charge in [-0.15, -0.1) is 0 Å². The second-order valence-electron chi connectivity index (χ2n) is 10.5. The Kier molecular flexibility index (Phi) is 7.41. The Hall–Kier alpha value is -4.37. The van der Waals surface area contributed by atoms with Crippen LogP contribution in [0.1, 0.15) is 68.0 Å². The maximum absolute atomic E-state index is 13.6. The maximum Gasteiger partial charge on any atom is 0.300 e. The fourth-order valence-corrected chi connectivity index (χ4v) is 4.59. The van der Waals surface area contributed by atoms with Crippen LogP contribution in [-0.4, -0.2) is 23.4 Å². The summed E-state index contributed by atoms with van der Waals surface area (Å²) in [5.74, 6) is -1.11. The fourth-order valence-electron chi connectivity index (χ4n) is 4.59. The number of nitriles is 1. The summed E-state index contributed by atoms with van der Waals surface area (Å²) in [5, 5.41) is 20.9. The summed E-state index contributed by atoms with van der Waals surface area (Å²) in [7, 11) is 0. The largest absolute Gasteiger partial charge is 0.507 e. The van der Waals surface area contributed by atoms with E-state index in [-0.39, 0.29) is 16.7 Å². The number of amides is 1. The SMILES string of the molecule is CCCOc1cccc(C2/C(=C(\O)c3cc(C(C)(C)C)ccc3C)C(=O)C(=O)N2c2ccc(C#N)cc2)c1. The minimum absolute atomic E-state index is 0.0150. The van der Waals surface area contributed by atoms with Gasteiger partial charge in [-0.25, -0.2) is 0 Å². The van der Waals surface area contributed by atoms with Gasteiger partial charge in [0, 0.05) is 11.3 Å². The minimum atomic E-state index is -0.884. The van der Waals surface area contributed by atoms with Crippen LogP contribution in [-0.2, 0) is 15.0 Å². The molecule has 1 aliphatic rings. The van der Waals surface area contributed by atoms with E-state index in [0.717, 1.165) is 17.5 Å². The molecule has 0 aromatic heterocycles. The van der Waals surface area contributed by atoms with Crippen LogP contribution in [0, 0.1) is 18.3 Å². The molecule has 1 amide bonds. The highest BCUT2D eigenvalue weighted by Gasteiger charge is 2.47. The fraction of sp³-hybridized carbons (Fsp3) is 0.281. The second kappa shape index (κ2) is 10.5. The number of aliphatic hydroxyl groups excluding tert-OH is 1. The van der Waals surface area contributed by atoms with Crippen molar-refractivity contribution >= 4 is 23.1 Å². The van der Waals surface area contributed by atoms with Gasteiger partial charge in [0.2, 0.25) is 0 Å². The monoisotopic (exact) mass is 508 g/mol. The summed E-state index contributed by atoms with van der Waals surface area (Å²) in [5.41, 5.74) is 3.66. The van der Waals surface area contributed by atoms with E-state index < -0.39 is 17.7 Å². The maximum atomic E-state index is 13.6. The third kappa shape index (κ3) is 5.05. The van der Waals surface area contributed by atoms with E-state index in [2.05, 4.69) is 26.8 Å². The summed E-state index contributed by atoms with van der Waals surface area (Å²) < 4.78 is 5.83. The highest BCUT2D eigenvalue weighted by molar-refractivity contribution is 6.51. The molecule has 1 aliphatic heterocycles. The second-order valence-corrected chi connectivity index (χ2v) is 10.5. The van der Waals surface area contributed by atoms with Crippen LogP contribution in [0.3, 0.4) is 0 Å². The number of carbonyl (C=O) groups excluding carboxylic acids is 2. The van der Waals surface area contributed by atoms with Gasteiger partial charge in [0.05, 0.1) is 29.9 Å². The van der Waals surface area contributed by atoms with Crippen molar-refractivity contribution in [1.29, 1.82) is 5.26 Å². The molecule has 0 radical (unpaired) electrons. The number of ketones is 1. The third-order valence-electron chi connectivity index (χ3n) is 6.72. The molecule has 0 aliphatic carbocycles. The van der Waals surface area contributed by atoms with Gasteiger partial charge >= 0.3 is 0 Å². The Morgan fingerprint density at radius 1 is 1.05 bits per heavy atom. The van der Waals surface area contributed by atoms with Crippen molar-refractivity contribution in [3.05, 3.63) is 100 Å². The number of rotatable bonds is 6. The summed E-state index contributed by atoms with van der Waals surface area (Å²) >= 11 is 0. The summed E-state index contributed by atoms with van der Waals surface area (Å²) in [6.07, 6.45) is 0.831. The number of aryl methyl sites for hydroxylation is 1. The van der Waals surface area contributed by atoms with Crippen molar-refractivity contribution in [2.45, 2.75) is 52.5 Å². The average Bonchev–Trinajstić information content (AvgIpc) is 3.17. The number of anilines is 1. The van der Waals surface area contributed by atoms with Gasteiger partial charge < -0.3 is 9.84 Å². The van der Waals surface area contributed by atoms with Crippen LogP contribution in [0.15, 0.2) is 72.3 Å². The van der Waals surface area contributed by atoms with Crippen molar-refractivity contribution in [2.24, 2.45) is 0 Å².